The molecule has 2 aliphatic heterocycles. The number of primary amides is 1. The number of methoxy groups -OCH3 is 1. The average molecular weight is 521 g/mol. The number of Topliss-reactive ketones (excluding diaryl/α,β-unsaturated/α-hetero) is 1. The Morgan fingerprint density at radius 1 is 1.05 bits per heavy atom. The van der Waals surface area contributed by atoms with E-state index in [1.165, 1.54) is 23.3 Å². The van der Waals surface area contributed by atoms with Gasteiger partial charge < -0.3 is 24.8 Å². The molecule has 4 unspecified atom stereocenters. The molecule has 3 heterocycles. The number of hydrogen-bond donors (Lipinski definition) is 1. The first kappa shape index (κ1) is 25.0. The first-order valence-corrected chi connectivity index (χ1v) is 12.8. The summed E-state index contributed by atoms with van der Waals surface area (Å²) in [5.41, 5.74) is 8.96. The summed E-state index contributed by atoms with van der Waals surface area (Å²) < 4.78 is 16.3. The number of nitrogens with two attached hydrogens (primary N) is 1. The van der Waals surface area contributed by atoms with Gasteiger partial charge in [0.05, 0.1) is 12.0 Å². The maximum atomic E-state index is 14.4. The Morgan fingerprint density at radius 2 is 1.81 bits per heavy atom. The zero-order chi connectivity index (χ0) is 26.3. The Kier molecular flexibility index (Phi) is 6.74. The lowest BCUT2D eigenvalue weighted by Gasteiger charge is -2.30. The SMILES string of the molecule is COCC(=O)N1C(C(N)=O)C(c2sccc2C)C(C(=O)c2ccccc2C)C1c1ccc2c(c1)OCO2. The second-order valence-corrected chi connectivity index (χ2v) is 10.3. The molecule has 3 aromatic rings. The van der Waals surface area contributed by atoms with Crippen molar-refractivity contribution in [1.29, 1.82) is 0 Å². The number of carbonyl (C=O) groups excluding carboxylic acids is 3. The van der Waals surface area contributed by atoms with Crippen molar-refractivity contribution in [3.63, 3.8) is 0 Å². The van der Waals surface area contributed by atoms with Gasteiger partial charge in [0.15, 0.2) is 17.3 Å². The Morgan fingerprint density at radius 3 is 2.49 bits per heavy atom. The molecule has 0 radical (unpaired) electrons. The quantitative estimate of drug-likeness (QED) is 0.476. The van der Waals surface area contributed by atoms with Crippen LogP contribution < -0.4 is 15.2 Å². The number of ketones is 1. The molecule has 192 valence electrons. The van der Waals surface area contributed by atoms with Gasteiger partial charge >= 0.3 is 0 Å². The van der Waals surface area contributed by atoms with Crippen molar-refractivity contribution in [3.8, 4) is 11.5 Å². The minimum atomic E-state index is -1.05. The summed E-state index contributed by atoms with van der Waals surface area (Å²) in [5, 5.41) is 1.92. The third kappa shape index (κ3) is 4.28. The number of likely N-dealkylation sites (tertiary alicyclic amines) is 1. The number of aryl methyl sites for hydroxylation is 2. The lowest BCUT2D eigenvalue weighted by Crippen LogP contribution is -2.47. The summed E-state index contributed by atoms with van der Waals surface area (Å²) in [4.78, 5) is 43.4. The standard InChI is InChI=1S/C28H28N2O6S/c1-15-6-4-5-7-18(15)26(32)22-23(27-16(2)10-11-37-27)25(28(29)33)30(21(31)13-34-3)24(22)17-8-9-19-20(12-17)36-14-35-19/h4-12,22-25H,13-14H2,1-3H3,(H2,29,33). The fraction of sp³-hybridized carbons (Fsp3) is 0.321. The van der Waals surface area contributed by atoms with Gasteiger partial charge in [-0.05, 0) is 54.1 Å². The average Bonchev–Trinajstić information content (AvgIpc) is 3.59. The van der Waals surface area contributed by atoms with E-state index in [9.17, 15) is 14.4 Å². The van der Waals surface area contributed by atoms with Crippen LogP contribution in [0.15, 0.2) is 53.9 Å². The van der Waals surface area contributed by atoms with Crippen molar-refractivity contribution in [1.82, 2.24) is 4.90 Å². The summed E-state index contributed by atoms with van der Waals surface area (Å²) in [6, 6.07) is 12.8. The normalized spacial score (nSPS) is 22.3. The molecule has 9 heteroatoms. The van der Waals surface area contributed by atoms with Gasteiger partial charge in [-0.25, -0.2) is 0 Å². The highest BCUT2D eigenvalue weighted by molar-refractivity contribution is 7.10. The van der Waals surface area contributed by atoms with E-state index in [-0.39, 0.29) is 19.2 Å². The van der Waals surface area contributed by atoms with Crippen LogP contribution in [0.4, 0.5) is 0 Å². The minimum Gasteiger partial charge on any atom is -0.454 e. The molecule has 37 heavy (non-hydrogen) atoms. The van der Waals surface area contributed by atoms with E-state index in [1.54, 1.807) is 18.2 Å². The lowest BCUT2D eigenvalue weighted by atomic mass is 9.77. The van der Waals surface area contributed by atoms with E-state index in [0.29, 0.717) is 22.6 Å². The Balaban J connectivity index is 1.76. The number of rotatable bonds is 7. The third-order valence-corrected chi connectivity index (χ3v) is 8.29. The summed E-state index contributed by atoms with van der Waals surface area (Å²) in [6.07, 6.45) is 0. The van der Waals surface area contributed by atoms with Gasteiger partial charge in [0, 0.05) is 23.5 Å². The highest BCUT2D eigenvalue weighted by atomic mass is 32.1. The summed E-state index contributed by atoms with van der Waals surface area (Å²) >= 11 is 1.46. The monoisotopic (exact) mass is 520 g/mol. The van der Waals surface area contributed by atoms with E-state index in [2.05, 4.69) is 0 Å². The van der Waals surface area contributed by atoms with Crippen LogP contribution in [-0.2, 0) is 14.3 Å². The molecule has 1 fully saturated rings. The van der Waals surface area contributed by atoms with Gasteiger partial charge in [-0.15, -0.1) is 11.3 Å². The van der Waals surface area contributed by atoms with E-state index in [1.807, 2.05) is 49.6 Å². The molecule has 0 saturated carbocycles. The van der Waals surface area contributed by atoms with Crippen molar-refractivity contribution in [2.24, 2.45) is 11.7 Å². The molecule has 1 aromatic heterocycles. The van der Waals surface area contributed by atoms with Gasteiger partial charge in [0.25, 0.3) is 0 Å². The van der Waals surface area contributed by atoms with Crippen LogP contribution in [0.5, 0.6) is 11.5 Å². The number of ether oxygens (including phenoxy) is 3. The molecule has 2 amide bonds. The lowest BCUT2D eigenvalue weighted by molar-refractivity contribution is -0.143. The molecule has 0 bridgehead atoms. The van der Waals surface area contributed by atoms with Crippen LogP contribution in [0.3, 0.4) is 0 Å². The molecule has 1 saturated heterocycles. The molecule has 0 aliphatic carbocycles. The van der Waals surface area contributed by atoms with Crippen molar-refractivity contribution in [2.45, 2.75) is 31.8 Å². The maximum Gasteiger partial charge on any atom is 0.249 e. The highest BCUT2D eigenvalue weighted by Gasteiger charge is 2.57. The molecule has 5 rings (SSSR count). The van der Waals surface area contributed by atoms with E-state index < -0.39 is 35.7 Å². The van der Waals surface area contributed by atoms with E-state index in [4.69, 9.17) is 19.9 Å². The van der Waals surface area contributed by atoms with E-state index in [0.717, 1.165) is 16.0 Å². The minimum absolute atomic E-state index is 0.0856. The van der Waals surface area contributed by atoms with Crippen LogP contribution in [0.1, 0.15) is 43.9 Å². The molecule has 2 N–H and O–H groups in total. The molecule has 4 atom stereocenters. The van der Waals surface area contributed by atoms with Crippen molar-refractivity contribution in [3.05, 3.63) is 81.0 Å². The topological polar surface area (TPSA) is 108 Å². The van der Waals surface area contributed by atoms with Gasteiger partial charge in [-0.2, -0.15) is 0 Å². The Labute approximate surface area is 218 Å². The number of thiophene rings is 1. The fourth-order valence-electron chi connectivity index (χ4n) is 5.57. The predicted molar refractivity (Wildman–Crippen MR) is 138 cm³/mol. The number of nitrogens with zero attached hydrogens (tertiary/aromatic N) is 1. The molecule has 8 nitrogen and oxygen atoms in total. The summed E-state index contributed by atoms with van der Waals surface area (Å²) in [7, 11) is 1.42. The predicted octanol–water partition coefficient (Wildman–Crippen LogP) is 3.76. The number of fused-ring (bicyclic) bond motifs is 1. The third-order valence-electron chi connectivity index (χ3n) is 7.17. The molecule has 0 spiro atoms. The second-order valence-electron chi connectivity index (χ2n) is 9.34. The Hall–Kier alpha value is -3.69. The van der Waals surface area contributed by atoms with Crippen LogP contribution in [0.2, 0.25) is 0 Å². The van der Waals surface area contributed by atoms with Crippen LogP contribution in [0.25, 0.3) is 0 Å². The second kappa shape index (κ2) is 9.99. The number of hydrogen-bond acceptors (Lipinski definition) is 7. The summed E-state index contributed by atoms with van der Waals surface area (Å²) in [6.45, 7) is 3.64. The smallest absolute Gasteiger partial charge is 0.249 e. The maximum absolute atomic E-state index is 14.4. The van der Waals surface area contributed by atoms with Crippen molar-refractivity contribution < 1.29 is 28.6 Å². The molecular weight excluding hydrogens is 492 g/mol. The number of benzene rings is 2. The number of carbonyl (C=O) groups is 3. The van der Waals surface area contributed by atoms with Gasteiger partial charge in [0.1, 0.15) is 12.6 Å². The largest absolute Gasteiger partial charge is 0.454 e. The van der Waals surface area contributed by atoms with Crippen LogP contribution in [-0.4, -0.2) is 49.0 Å². The first-order chi connectivity index (χ1) is 17.8. The zero-order valence-electron chi connectivity index (χ0n) is 20.8. The van der Waals surface area contributed by atoms with Crippen molar-refractivity contribution in [2.75, 3.05) is 20.5 Å². The Bertz CT molecular complexity index is 1370. The summed E-state index contributed by atoms with van der Waals surface area (Å²) in [5.74, 6) is -1.57. The molecule has 2 aliphatic rings. The number of amides is 2. The van der Waals surface area contributed by atoms with Crippen LogP contribution >= 0.6 is 11.3 Å². The van der Waals surface area contributed by atoms with Gasteiger partial charge in [-0.1, -0.05) is 30.3 Å². The first-order valence-electron chi connectivity index (χ1n) is 12.0. The van der Waals surface area contributed by atoms with Gasteiger partial charge in [-0.3, -0.25) is 14.4 Å². The van der Waals surface area contributed by atoms with Crippen LogP contribution in [0, 0.1) is 19.8 Å². The molecular formula is C28H28N2O6S. The van der Waals surface area contributed by atoms with Crippen molar-refractivity contribution >= 4 is 28.9 Å². The zero-order valence-corrected chi connectivity index (χ0v) is 21.6. The fourth-order valence-corrected chi connectivity index (χ4v) is 6.67. The highest BCUT2D eigenvalue weighted by Crippen LogP contribution is 2.53. The van der Waals surface area contributed by atoms with Gasteiger partial charge in [0.2, 0.25) is 18.6 Å². The van der Waals surface area contributed by atoms with E-state index >= 15 is 0 Å². The molecule has 2 aromatic carbocycles.